The van der Waals surface area contributed by atoms with Gasteiger partial charge < -0.3 is 11.1 Å². The number of nitrogens with one attached hydrogen (secondary N) is 1. The Morgan fingerprint density at radius 3 is 2.88 bits per heavy atom. The van der Waals surface area contributed by atoms with Crippen LogP contribution in [0.5, 0.6) is 0 Å². The molecule has 2 aromatic heterocycles. The van der Waals surface area contributed by atoms with Gasteiger partial charge in [-0.25, -0.2) is 18.4 Å². The minimum atomic E-state index is -3.04. The van der Waals surface area contributed by atoms with Gasteiger partial charge in [0, 0.05) is 17.6 Å². The Morgan fingerprint density at radius 2 is 2.12 bits per heavy atom. The molecule has 0 bridgehead atoms. The van der Waals surface area contributed by atoms with Crippen LogP contribution in [-0.2, 0) is 9.84 Å². The van der Waals surface area contributed by atoms with Crippen molar-refractivity contribution in [3.8, 4) is 0 Å². The molecule has 3 heterocycles. The smallest absolute Gasteiger partial charge is 0.161 e. The van der Waals surface area contributed by atoms with E-state index in [1.54, 1.807) is 6.20 Å². The van der Waals surface area contributed by atoms with Gasteiger partial charge in [0.25, 0.3) is 0 Å². The first-order valence-corrected chi connectivity index (χ1v) is 10.5. The zero-order valence-electron chi connectivity index (χ0n) is 13.8. The first-order chi connectivity index (χ1) is 11.9. The fraction of sp³-hybridized carbons (Fsp3) is 0.529. The molecular weight excluding hydrogens is 360 g/mol. The van der Waals surface area contributed by atoms with Crippen molar-refractivity contribution in [2.24, 2.45) is 11.7 Å². The molecule has 2 aromatic rings. The second-order valence-corrected chi connectivity index (χ2v) is 10.2. The van der Waals surface area contributed by atoms with Gasteiger partial charge in [-0.15, -0.1) is 0 Å². The lowest BCUT2D eigenvalue weighted by Gasteiger charge is -2.50. The third-order valence-corrected chi connectivity index (χ3v) is 8.33. The number of rotatable bonds is 3. The third kappa shape index (κ3) is 2.98. The number of sulfone groups is 1. The van der Waals surface area contributed by atoms with E-state index in [1.165, 1.54) is 0 Å². The van der Waals surface area contributed by atoms with Gasteiger partial charge in [-0.2, -0.15) is 0 Å². The number of hydrogen-bond acceptors (Lipinski definition) is 6. The maximum atomic E-state index is 12.5. The van der Waals surface area contributed by atoms with Gasteiger partial charge in [0.15, 0.2) is 15.5 Å². The van der Waals surface area contributed by atoms with Crippen LogP contribution >= 0.6 is 11.6 Å². The average Bonchev–Trinajstić information content (AvgIpc) is 2.54. The number of nitrogens with zero attached hydrogens (tertiary/aromatic N) is 2. The first-order valence-electron chi connectivity index (χ1n) is 8.52. The summed E-state index contributed by atoms with van der Waals surface area (Å²) in [4.78, 5) is 8.76. The molecule has 1 aliphatic heterocycles. The summed E-state index contributed by atoms with van der Waals surface area (Å²) in [6, 6.07) is 5.73. The van der Waals surface area contributed by atoms with E-state index in [-0.39, 0.29) is 11.8 Å². The predicted octanol–water partition coefficient (Wildman–Crippen LogP) is 2.38. The lowest BCUT2D eigenvalue weighted by atomic mass is 9.70. The molecule has 6 nitrogen and oxygen atoms in total. The molecule has 0 radical (unpaired) electrons. The van der Waals surface area contributed by atoms with E-state index in [0.29, 0.717) is 48.8 Å². The SMILES string of the molecule is NCC1CC2(C1)CC(Nc1ccc3cc(Cl)cnc3n1)CCS2(=O)=O. The van der Waals surface area contributed by atoms with Crippen LogP contribution in [0.15, 0.2) is 24.4 Å². The fourth-order valence-corrected chi connectivity index (χ4v) is 6.80. The van der Waals surface area contributed by atoms with Crippen LogP contribution in [0.1, 0.15) is 25.7 Å². The zero-order valence-corrected chi connectivity index (χ0v) is 15.4. The lowest BCUT2D eigenvalue weighted by molar-refractivity contribution is 0.196. The summed E-state index contributed by atoms with van der Waals surface area (Å²) in [5, 5.41) is 4.86. The van der Waals surface area contributed by atoms with E-state index in [4.69, 9.17) is 17.3 Å². The minimum Gasteiger partial charge on any atom is -0.367 e. The summed E-state index contributed by atoms with van der Waals surface area (Å²) in [7, 11) is -3.04. The summed E-state index contributed by atoms with van der Waals surface area (Å²) < 4.78 is 24.5. The number of fused-ring (bicyclic) bond motifs is 1. The third-order valence-electron chi connectivity index (χ3n) is 5.53. The monoisotopic (exact) mass is 380 g/mol. The van der Waals surface area contributed by atoms with Crippen LogP contribution in [0.3, 0.4) is 0 Å². The van der Waals surface area contributed by atoms with Crippen molar-refractivity contribution < 1.29 is 8.42 Å². The second kappa shape index (κ2) is 6.07. The summed E-state index contributed by atoms with van der Waals surface area (Å²) >= 11 is 5.95. The van der Waals surface area contributed by atoms with Crippen molar-refractivity contribution in [3.05, 3.63) is 29.4 Å². The van der Waals surface area contributed by atoms with Gasteiger partial charge in [-0.1, -0.05) is 11.6 Å². The van der Waals surface area contributed by atoms with Gasteiger partial charge >= 0.3 is 0 Å². The Balaban J connectivity index is 1.52. The van der Waals surface area contributed by atoms with E-state index < -0.39 is 14.6 Å². The molecule has 0 amide bonds. The molecule has 1 aliphatic carbocycles. The summed E-state index contributed by atoms with van der Waals surface area (Å²) in [5.74, 6) is 1.28. The number of hydrogen-bond donors (Lipinski definition) is 2. The highest BCUT2D eigenvalue weighted by atomic mass is 35.5. The van der Waals surface area contributed by atoms with Crippen LogP contribution in [0.4, 0.5) is 5.82 Å². The molecular formula is C17H21ClN4O2S. The first kappa shape index (κ1) is 17.0. The standard InChI is InChI=1S/C17H21ClN4O2S/c18-13-5-12-1-2-15(22-16(12)20-10-13)21-14-3-4-25(23,24)17(8-14)6-11(7-17)9-19/h1-2,5,10-11,14H,3-4,6-9,19H2,(H,20,21,22). The Bertz CT molecular complexity index is 912. The number of pyridine rings is 2. The number of aromatic nitrogens is 2. The number of nitrogens with two attached hydrogens (primary N) is 1. The van der Waals surface area contributed by atoms with Crippen LogP contribution < -0.4 is 11.1 Å². The fourth-order valence-electron chi connectivity index (χ4n) is 4.17. The van der Waals surface area contributed by atoms with E-state index in [1.807, 2.05) is 18.2 Å². The van der Waals surface area contributed by atoms with E-state index in [2.05, 4.69) is 15.3 Å². The highest BCUT2D eigenvalue weighted by Gasteiger charge is 2.55. The van der Waals surface area contributed by atoms with E-state index in [0.717, 1.165) is 11.2 Å². The molecule has 8 heteroatoms. The van der Waals surface area contributed by atoms with Gasteiger partial charge in [-0.05, 0) is 56.3 Å². The Labute approximate surface area is 152 Å². The van der Waals surface area contributed by atoms with Crippen molar-refractivity contribution in [3.63, 3.8) is 0 Å². The molecule has 3 N–H and O–H groups in total. The quantitative estimate of drug-likeness (QED) is 0.848. The molecule has 134 valence electrons. The van der Waals surface area contributed by atoms with Crippen molar-refractivity contribution >= 4 is 38.3 Å². The topological polar surface area (TPSA) is 98.0 Å². The van der Waals surface area contributed by atoms with Crippen molar-refractivity contribution in [1.29, 1.82) is 0 Å². The van der Waals surface area contributed by atoms with E-state index in [9.17, 15) is 8.42 Å². The van der Waals surface area contributed by atoms with Crippen molar-refractivity contribution in [1.82, 2.24) is 9.97 Å². The second-order valence-electron chi connectivity index (χ2n) is 7.24. The number of halogens is 1. The zero-order chi connectivity index (χ0) is 17.7. The molecule has 1 atom stereocenters. The van der Waals surface area contributed by atoms with Gasteiger partial charge in [0.05, 0.1) is 15.5 Å². The minimum absolute atomic E-state index is 0.0968. The molecule has 1 saturated heterocycles. The molecule has 1 spiro atoms. The molecule has 4 rings (SSSR count). The Hall–Kier alpha value is -1.44. The maximum Gasteiger partial charge on any atom is 0.161 e. The largest absolute Gasteiger partial charge is 0.367 e. The van der Waals surface area contributed by atoms with Gasteiger partial charge in [0.1, 0.15) is 5.82 Å². The number of anilines is 1. The van der Waals surface area contributed by atoms with Crippen LogP contribution in [0.25, 0.3) is 11.0 Å². The van der Waals surface area contributed by atoms with Gasteiger partial charge in [0.2, 0.25) is 0 Å². The Kier molecular flexibility index (Phi) is 4.13. The van der Waals surface area contributed by atoms with Crippen LogP contribution in [0.2, 0.25) is 5.02 Å². The Morgan fingerprint density at radius 1 is 1.32 bits per heavy atom. The highest BCUT2D eigenvalue weighted by molar-refractivity contribution is 7.92. The van der Waals surface area contributed by atoms with Gasteiger partial charge in [-0.3, -0.25) is 0 Å². The molecule has 25 heavy (non-hydrogen) atoms. The normalized spacial score (nSPS) is 31.0. The molecule has 1 saturated carbocycles. The molecule has 1 unspecified atom stereocenters. The van der Waals surface area contributed by atoms with E-state index >= 15 is 0 Å². The maximum absolute atomic E-state index is 12.5. The van der Waals surface area contributed by atoms with Crippen LogP contribution in [-0.4, -0.2) is 41.5 Å². The molecule has 2 aliphatic rings. The molecule has 0 aromatic carbocycles. The predicted molar refractivity (Wildman–Crippen MR) is 99.5 cm³/mol. The summed E-state index contributed by atoms with van der Waals surface area (Å²) in [6.07, 6.45) is 4.18. The highest BCUT2D eigenvalue weighted by Crippen LogP contribution is 2.50. The lowest BCUT2D eigenvalue weighted by Crippen LogP contribution is -2.58. The summed E-state index contributed by atoms with van der Waals surface area (Å²) in [5.41, 5.74) is 6.32. The van der Waals surface area contributed by atoms with Crippen molar-refractivity contribution in [2.45, 2.75) is 36.5 Å². The average molecular weight is 381 g/mol. The molecule has 2 fully saturated rings. The van der Waals surface area contributed by atoms with Crippen molar-refractivity contribution in [2.75, 3.05) is 17.6 Å². The summed E-state index contributed by atoms with van der Waals surface area (Å²) in [6.45, 7) is 0.565. The van der Waals surface area contributed by atoms with Crippen LogP contribution in [0, 0.1) is 5.92 Å².